The molecule has 1 aliphatic heterocycles. The van der Waals surface area contributed by atoms with Crippen LogP contribution in [0, 0.1) is 0 Å². The van der Waals surface area contributed by atoms with Gasteiger partial charge in [0.15, 0.2) is 6.10 Å². The molecular weight excluding hydrogens is 420 g/mol. The standard InChI is InChI=1S/C25H22N4O4/c26-25(31)22-14-29(20-12-6-7-13-21(20)33-22)24(30)15-28-19-11-5-4-10-18(19)27-23(28)16-32-17-8-2-1-3-9-17/h1-13,22H,14-16H2,(H2,26,31)/t22-/m1/s1. The summed E-state index contributed by atoms with van der Waals surface area (Å²) in [5, 5.41) is 0. The lowest BCUT2D eigenvalue weighted by Gasteiger charge is -2.33. The molecule has 5 rings (SSSR count). The third kappa shape index (κ3) is 4.10. The molecule has 0 saturated heterocycles. The summed E-state index contributed by atoms with van der Waals surface area (Å²) in [6.45, 7) is 0.275. The van der Waals surface area contributed by atoms with Crippen LogP contribution in [-0.2, 0) is 22.7 Å². The molecule has 0 radical (unpaired) electrons. The maximum atomic E-state index is 13.5. The van der Waals surface area contributed by atoms with Crippen LogP contribution in [0.4, 0.5) is 5.69 Å². The van der Waals surface area contributed by atoms with Crippen LogP contribution in [0.2, 0.25) is 0 Å². The highest BCUT2D eigenvalue weighted by atomic mass is 16.5. The van der Waals surface area contributed by atoms with Gasteiger partial charge < -0.3 is 24.7 Å². The van der Waals surface area contributed by atoms with E-state index >= 15 is 0 Å². The van der Waals surface area contributed by atoms with Crippen LogP contribution >= 0.6 is 0 Å². The van der Waals surface area contributed by atoms with E-state index in [2.05, 4.69) is 4.98 Å². The molecule has 8 heteroatoms. The van der Waals surface area contributed by atoms with E-state index in [1.54, 1.807) is 23.1 Å². The Bertz CT molecular complexity index is 1320. The van der Waals surface area contributed by atoms with Crippen LogP contribution in [-0.4, -0.2) is 34.0 Å². The van der Waals surface area contributed by atoms with Gasteiger partial charge in [0.05, 0.1) is 23.3 Å². The zero-order chi connectivity index (χ0) is 22.8. The van der Waals surface area contributed by atoms with Crippen molar-refractivity contribution >= 4 is 28.5 Å². The Morgan fingerprint density at radius 3 is 2.55 bits per heavy atom. The number of ether oxygens (including phenoxy) is 2. The number of fused-ring (bicyclic) bond motifs is 2. The smallest absolute Gasteiger partial charge is 0.260 e. The number of anilines is 1. The molecule has 0 saturated carbocycles. The van der Waals surface area contributed by atoms with Crippen molar-refractivity contribution in [2.75, 3.05) is 11.4 Å². The average molecular weight is 442 g/mol. The van der Waals surface area contributed by atoms with Gasteiger partial charge in [-0.15, -0.1) is 0 Å². The maximum absolute atomic E-state index is 13.5. The van der Waals surface area contributed by atoms with Crippen LogP contribution in [0.1, 0.15) is 5.82 Å². The van der Waals surface area contributed by atoms with E-state index in [0.29, 0.717) is 23.0 Å². The number of hydrogen-bond donors (Lipinski definition) is 1. The Balaban J connectivity index is 1.46. The van der Waals surface area contributed by atoms with E-state index in [0.717, 1.165) is 11.0 Å². The summed E-state index contributed by atoms with van der Waals surface area (Å²) >= 11 is 0. The van der Waals surface area contributed by atoms with Crippen LogP contribution < -0.4 is 20.1 Å². The molecule has 1 aromatic heterocycles. The first-order chi connectivity index (χ1) is 16.1. The van der Waals surface area contributed by atoms with E-state index in [1.807, 2.05) is 65.2 Å². The molecule has 0 fully saturated rings. The Labute approximate surface area is 190 Å². The number of amides is 2. The van der Waals surface area contributed by atoms with Gasteiger partial charge in [0, 0.05) is 0 Å². The normalized spacial score (nSPS) is 15.0. The second kappa shape index (κ2) is 8.66. The number of imidazole rings is 1. The minimum atomic E-state index is -0.913. The maximum Gasteiger partial charge on any atom is 0.260 e. The molecular formula is C25H22N4O4. The van der Waals surface area contributed by atoms with Crippen molar-refractivity contribution < 1.29 is 19.1 Å². The molecule has 0 unspecified atom stereocenters. The molecule has 33 heavy (non-hydrogen) atoms. The van der Waals surface area contributed by atoms with E-state index in [4.69, 9.17) is 15.2 Å². The van der Waals surface area contributed by atoms with Gasteiger partial charge in [-0.3, -0.25) is 9.59 Å². The minimum Gasteiger partial charge on any atom is -0.486 e. The van der Waals surface area contributed by atoms with Gasteiger partial charge in [-0.05, 0) is 36.4 Å². The second-order valence-corrected chi connectivity index (χ2v) is 7.69. The Morgan fingerprint density at radius 1 is 1.00 bits per heavy atom. The van der Waals surface area contributed by atoms with Gasteiger partial charge in [0.2, 0.25) is 5.91 Å². The lowest BCUT2D eigenvalue weighted by atomic mass is 10.1. The number of primary amides is 1. The first-order valence-electron chi connectivity index (χ1n) is 10.6. The van der Waals surface area contributed by atoms with Gasteiger partial charge in [0.25, 0.3) is 5.91 Å². The molecule has 0 bridgehead atoms. The van der Waals surface area contributed by atoms with Gasteiger partial charge in [-0.25, -0.2) is 4.98 Å². The molecule has 1 atom stereocenters. The minimum absolute atomic E-state index is 0.0216. The van der Waals surface area contributed by atoms with E-state index in [9.17, 15) is 9.59 Å². The summed E-state index contributed by atoms with van der Waals surface area (Å²) in [7, 11) is 0. The monoisotopic (exact) mass is 442 g/mol. The van der Waals surface area contributed by atoms with Crippen molar-refractivity contribution in [2.24, 2.45) is 5.73 Å². The number of aromatic nitrogens is 2. The highest BCUT2D eigenvalue weighted by molar-refractivity contribution is 5.97. The first-order valence-corrected chi connectivity index (χ1v) is 10.6. The topological polar surface area (TPSA) is 99.7 Å². The fourth-order valence-corrected chi connectivity index (χ4v) is 3.92. The van der Waals surface area contributed by atoms with Crippen molar-refractivity contribution in [3.63, 3.8) is 0 Å². The zero-order valence-corrected chi connectivity index (χ0v) is 17.8. The van der Waals surface area contributed by atoms with E-state index in [1.165, 1.54) is 0 Å². The van der Waals surface area contributed by atoms with Gasteiger partial charge in [0.1, 0.15) is 30.5 Å². The summed E-state index contributed by atoms with van der Waals surface area (Å²) in [6, 6.07) is 24.2. The van der Waals surface area contributed by atoms with E-state index in [-0.39, 0.29) is 25.6 Å². The van der Waals surface area contributed by atoms with Crippen molar-refractivity contribution in [3.05, 3.63) is 84.7 Å². The number of rotatable bonds is 6. The largest absolute Gasteiger partial charge is 0.486 e. The summed E-state index contributed by atoms with van der Waals surface area (Å²) < 4.78 is 13.4. The van der Waals surface area contributed by atoms with Gasteiger partial charge in [-0.2, -0.15) is 0 Å². The van der Waals surface area contributed by atoms with Crippen LogP contribution in [0.25, 0.3) is 11.0 Å². The number of nitrogens with two attached hydrogens (primary N) is 1. The third-order valence-electron chi connectivity index (χ3n) is 5.53. The molecule has 4 aromatic rings. The number of carbonyl (C=O) groups excluding carboxylic acids is 2. The number of hydrogen-bond acceptors (Lipinski definition) is 5. The molecule has 2 heterocycles. The summed E-state index contributed by atoms with van der Waals surface area (Å²) in [6.07, 6.45) is -0.913. The van der Waals surface area contributed by atoms with Crippen molar-refractivity contribution in [1.82, 2.24) is 9.55 Å². The quantitative estimate of drug-likeness (QED) is 0.495. The lowest BCUT2D eigenvalue weighted by Crippen LogP contribution is -2.50. The summed E-state index contributed by atoms with van der Waals surface area (Å²) in [5.74, 6) is 0.965. The molecule has 0 spiro atoms. The first kappa shape index (κ1) is 20.6. The Kier molecular flexibility index (Phi) is 5.40. The molecule has 1 aliphatic rings. The van der Waals surface area contributed by atoms with Crippen molar-refractivity contribution in [3.8, 4) is 11.5 Å². The van der Waals surface area contributed by atoms with E-state index < -0.39 is 12.0 Å². The number of nitrogens with zero attached hydrogens (tertiary/aromatic N) is 3. The van der Waals surface area contributed by atoms with Gasteiger partial charge in [-0.1, -0.05) is 42.5 Å². The predicted octanol–water partition coefficient (Wildman–Crippen LogP) is 2.89. The van der Waals surface area contributed by atoms with Crippen LogP contribution in [0.5, 0.6) is 11.5 Å². The highest BCUT2D eigenvalue weighted by Crippen LogP contribution is 2.33. The Hall–Kier alpha value is -4.33. The van der Waals surface area contributed by atoms with Crippen molar-refractivity contribution in [1.29, 1.82) is 0 Å². The third-order valence-corrected chi connectivity index (χ3v) is 5.53. The van der Waals surface area contributed by atoms with Gasteiger partial charge >= 0.3 is 0 Å². The average Bonchev–Trinajstić information content (AvgIpc) is 3.19. The van der Waals surface area contributed by atoms with Crippen LogP contribution in [0.3, 0.4) is 0 Å². The molecule has 0 aliphatic carbocycles. The highest BCUT2D eigenvalue weighted by Gasteiger charge is 2.33. The van der Waals surface area contributed by atoms with Crippen molar-refractivity contribution in [2.45, 2.75) is 19.3 Å². The number of para-hydroxylation sites is 5. The molecule has 2 amide bonds. The molecule has 3 aromatic carbocycles. The number of carbonyl (C=O) groups is 2. The second-order valence-electron chi connectivity index (χ2n) is 7.69. The fraction of sp³-hybridized carbons (Fsp3) is 0.160. The summed E-state index contributed by atoms with van der Waals surface area (Å²) in [5.41, 5.74) is 7.68. The Morgan fingerprint density at radius 2 is 1.73 bits per heavy atom. The molecule has 8 nitrogen and oxygen atoms in total. The zero-order valence-electron chi connectivity index (χ0n) is 17.8. The lowest BCUT2D eigenvalue weighted by molar-refractivity contribution is -0.125. The summed E-state index contributed by atoms with van der Waals surface area (Å²) in [4.78, 5) is 31.5. The SMILES string of the molecule is NC(=O)[C@H]1CN(C(=O)Cn2c(COc3ccccc3)nc3ccccc32)c2ccccc2O1. The number of benzene rings is 3. The fourth-order valence-electron chi connectivity index (χ4n) is 3.92. The predicted molar refractivity (Wildman–Crippen MR) is 123 cm³/mol. The molecule has 166 valence electrons. The van der Waals surface area contributed by atoms with Crippen LogP contribution in [0.15, 0.2) is 78.9 Å². The molecule has 2 N–H and O–H groups in total.